The maximum absolute atomic E-state index is 12.2. The van der Waals surface area contributed by atoms with Gasteiger partial charge in [0.15, 0.2) is 6.61 Å². The Bertz CT molecular complexity index is 945. The van der Waals surface area contributed by atoms with Gasteiger partial charge in [-0.2, -0.15) is 0 Å². The molecule has 0 saturated heterocycles. The molecule has 26 heavy (non-hydrogen) atoms. The van der Waals surface area contributed by atoms with Gasteiger partial charge in [0.25, 0.3) is 11.8 Å². The van der Waals surface area contributed by atoms with Crippen LogP contribution in [0.25, 0.3) is 10.8 Å². The number of carbonyl (C=O) groups excluding carboxylic acids is 2. The van der Waals surface area contributed by atoms with Crippen LogP contribution in [0, 0.1) is 0 Å². The molecule has 0 fully saturated rings. The molecule has 5 nitrogen and oxygen atoms in total. The Morgan fingerprint density at radius 2 is 1.69 bits per heavy atom. The van der Waals surface area contributed by atoms with E-state index in [9.17, 15) is 9.59 Å². The van der Waals surface area contributed by atoms with Crippen LogP contribution in [0.3, 0.4) is 0 Å². The van der Waals surface area contributed by atoms with Gasteiger partial charge in [0.05, 0.1) is 0 Å². The molecule has 0 aliphatic heterocycles. The van der Waals surface area contributed by atoms with Gasteiger partial charge in [-0.3, -0.25) is 9.59 Å². The van der Waals surface area contributed by atoms with Crippen LogP contribution >= 0.6 is 0 Å². The molecule has 0 heterocycles. The average molecular weight is 348 g/mol. The zero-order valence-corrected chi connectivity index (χ0v) is 14.7. The molecule has 0 unspecified atom stereocenters. The van der Waals surface area contributed by atoms with Crippen LogP contribution in [0.5, 0.6) is 5.75 Å². The molecule has 0 spiro atoms. The largest absolute Gasteiger partial charge is 0.483 e. The third-order valence-corrected chi connectivity index (χ3v) is 3.91. The third kappa shape index (κ3) is 4.00. The SMILES string of the molecule is CN(C)C(=O)c1cccc(NC(=O)COc2cccc3ccccc23)c1. The van der Waals surface area contributed by atoms with Crippen molar-refractivity contribution in [2.75, 3.05) is 26.0 Å². The predicted octanol–water partition coefficient (Wildman–Crippen LogP) is 3.56. The Morgan fingerprint density at radius 1 is 0.962 bits per heavy atom. The lowest BCUT2D eigenvalue weighted by atomic mass is 10.1. The molecule has 0 aliphatic rings. The van der Waals surface area contributed by atoms with Crippen molar-refractivity contribution in [2.24, 2.45) is 0 Å². The predicted molar refractivity (Wildman–Crippen MR) is 103 cm³/mol. The van der Waals surface area contributed by atoms with E-state index in [1.807, 2.05) is 42.5 Å². The van der Waals surface area contributed by atoms with Gasteiger partial charge in [-0.15, -0.1) is 0 Å². The van der Waals surface area contributed by atoms with E-state index in [0.717, 1.165) is 10.8 Å². The molecule has 3 rings (SSSR count). The van der Waals surface area contributed by atoms with E-state index < -0.39 is 0 Å². The van der Waals surface area contributed by atoms with Gasteiger partial charge in [0.1, 0.15) is 5.75 Å². The fourth-order valence-electron chi connectivity index (χ4n) is 2.65. The second-order valence-electron chi connectivity index (χ2n) is 6.09. The van der Waals surface area contributed by atoms with Gasteiger partial charge in [-0.25, -0.2) is 0 Å². The molecule has 0 atom stereocenters. The normalized spacial score (nSPS) is 10.4. The van der Waals surface area contributed by atoms with Crippen molar-refractivity contribution in [3.8, 4) is 5.75 Å². The first-order valence-corrected chi connectivity index (χ1v) is 8.27. The van der Waals surface area contributed by atoms with Crippen molar-refractivity contribution in [3.63, 3.8) is 0 Å². The summed E-state index contributed by atoms with van der Waals surface area (Å²) in [6.07, 6.45) is 0. The summed E-state index contributed by atoms with van der Waals surface area (Å²) in [4.78, 5) is 25.7. The van der Waals surface area contributed by atoms with E-state index in [4.69, 9.17) is 4.74 Å². The van der Waals surface area contributed by atoms with Crippen LogP contribution in [0.2, 0.25) is 0 Å². The highest BCUT2D eigenvalue weighted by atomic mass is 16.5. The lowest BCUT2D eigenvalue weighted by molar-refractivity contribution is -0.118. The van der Waals surface area contributed by atoms with Gasteiger partial charge in [0.2, 0.25) is 0 Å². The maximum Gasteiger partial charge on any atom is 0.262 e. The van der Waals surface area contributed by atoms with Crippen LogP contribution < -0.4 is 10.1 Å². The number of fused-ring (bicyclic) bond motifs is 1. The zero-order chi connectivity index (χ0) is 18.5. The first-order valence-electron chi connectivity index (χ1n) is 8.27. The number of nitrogens with one attached hydrogen (secondary N) is 1. The van der Waals surface area contributed by atoms with Gasteiger partial charge in [-0.1, -0.05) is 42.5 Å². The maximum atomic E-state index is 12.2. The number of hydrogen-bond acceptors (Lipinski definition) is 3. The molecule has 0 saturated carbocycles. The van der Waals surface area contributed by atoms with Crippen LogP contribution in [-0.4, -0.2) is 37.4 Å². The third-order valence-electron chi connectivity index (χ3n) is 3.91. The molecule has 0 aromatic heterocycles. The monoisotopic (exact) mass is 348 g/mol. The van der Waals surface area contributed by atoms with Crippen molar-refractivity contribution < 1.29 is 14.3 Å². The second-order valence-corrected chi connectivity index (χ2v) is 6.09. The highest BCUT2D eigenvalue weighted by Gasteiger charge is 2.10. The van der Waals surface area contributed by atoms with E-state index >= 15 is 0 Å². The summed E-state index contributed by atoms with van der Waals surface area (Å²) in [5.41, 5.74) is 1.08. The quantitative estimate of drug-likeness (QED) is 0.767. The van der Waals surface area contributed by atoms with Crippen LogP contribution in [0.4, 0.5) is 5.69 Å². The standard InChI is InChI=1S/C21H20N2O3/c1-23(2)21(25)16-9-5-10-17(13-16)22-20(24)14-26-19-12-6-8-15-7-3-4-11-18(15)19/h3-13H,14H2,1-2H3,(H,22,24). The summed E-state index contributed by atoms with van der Waals surface area (Å²) in [5.74, 6) is 0.260. The van der Waals surface area contributed by atoms with Crippen LogP contribution in [0.15, 0.2) is 66.7 Å². The minimum Gasteiger partial charge on any atom is -0.483 e. The lowest BCUT2D eigenvalue weighted by Gasteiger charge is -2.12. The topological polar surface area (TPSA) is 58.6 Å². The molecular formula is C21H20N2O3. The molecule has 3 aromatic carbocycles. The molecule has 0 bridgehead atoms. The van der Waals surface area contributed by atoms with E-state index in [2.05, 4.69) is 5.32 Å². The summed E-state index contributed by atoms with van der Waals surface area (Å²) in [7, 11) is 3.37. The number of anilines is 1. The average Bonchev–Trinajstić information content (AvgIpc) is 2.65. The Hall–Kier alpha value is -3.34. The number of rotatable bonds is 5. The van der Waals surface area contributed by atoms with Crippen molar-refractivity contribution in [1.82, 2.24) is 4.90 Å². The summed E-state index contributed by atoms with van der Waals surface area (Å²) in [6, 6.07) is 20.4. The van der Waals surface area contributed by atoms with Crippen molar-refractivity contribution in [3.05, 3.63) is 72.3 Å². The number of hydrogen-bond donors (Lipinski definition) is 1. The molecule has 0 aliphatic carbocycles. The van der Waals surface area contributed by atoms with Gasteiger partial charge < -0.3 is 15.0 Å². The molecular weight excluding hydrogens is 328 g/mol. The Labute approximate surface area is 152 Å². The Morgan fingerprint density at radius 3 is 2.50 bits per heavy atom. The number of nitrogens with zero attached hydrogens (tertiary/aromatic N) is 1. The first kappa shape index (κ1) is 17.5. The number of benzene rings is 3. The van der Waals surface area contributed by atoms with Gasteiger partial charge in [-0.05, 0) is 29.7 Å². The van der Waals surface area contributed by atoms with E-state index in [0.29, 0.717) is 17.0 Å². The second kappa shape index (κ2) is 7.70. The molecule has 132 valence electrons. The minimum absolute atomic E-state index is 0.111. The summed E-state index contributed by atoms with van der Waals surface area (Å²) in [5, 5.41) is 4.78. The molecule has 3 aromatic rings. The van der Waals surface area contributed by atoms with Crippen LogP contribution in [-0.2, 0) is 4.79 Å². The van der Waals surface area contributed by atoms with Crippen molar-refractivity contribution in [1.29, 1.82) is 0 Å². The van der Waals surface area contributed by atoms with Crippen molar-refractivity contribution in [2.45, 2.75) is 0 Å². The summed E-state index contributed by atoms with van der Waals surface area (Å²) in [6.45, 7) is -0.111. The van der Waals surface area contributed by atoms with Gasteiger partial charge in [0, 0.05) is 30.7 Å². The van der Waals surface area contributed by atoms with E-state index in [-0.39, 0.29) is 18.4 Å². The fraction of sp³-hybridized carbons (Fsp3) is 0.143. The fourth-order valence-corrected chi connectivity index (χ4v) is 2.65. The smallest absolute Gasteiger partial charge is 0.262 e. The van der Waals surface area contributed by atoms with Crippen molar-refractivity contribution >= 4 is 28.3 Å². The van der Waals surface area contributed by atoms with Gasteiger partial charge >= 0.3 is 0 Å². The minimum atomic E-state index is -0.285. The summed E-state index contributed by atoms with van der Waals surface area (Å²) < 4.78 is 5.68. The number of amides is 2. The number of ether oxygens (including phenoxy) is 1. The first-order chi connectivity index (χ1) is 12.5. The highest BCUT2D eigenvalue weighted by Crippen LogP contribution is 2.25. The molecule has 2 amide bonds. The molecule has 1 N–H and O–H groups in total. The van der Waals surface area contributed by atoms with Crippen LogP contribution in [0.1, 0.15) is 10.4 Å². The highest BCUT2D eigenvalue weighted by molar-refractivity contribution is 5.97. The lowest BCUT2D eigenvalue weighted by Crippen LogP contribution is -2.23. The number of carbonyl (C=O) groups is 2. The molecule has 5 heteroatoms. The zero-order valence-electron chi connectivity index (χ0n) is 14.7. The Balaban J connectivity index is 1.66. The van der Waals surface area contributed by atoms with E-state index in [1.165, 1.54) is 4.90 Å². The molecule has 0 radical (unpaired) electrons. The Kier molecular flexibility index (Phi) is 5.17. The summed E-state index contributed by atoms with van der Waals surface area (Å²) >= 11 is 0. The van der Waals surface area contributed by atoms with E-state index in [1.54, 1.807) is 38.4 Å².